The van der Waals surface area contributed by atoms with Gasteiger partial charge < -0.3 is 5.11 Å². The molecule has 0 aromatic carbocycles. The van der Waals surface area contributed by atoms with E-state index in [9.17, 15) is 5.11 Å². The monoisotopic (exact) mass is 203 g/mol. The first kappa shape index (κ1) is 13.4. The van der Waals surface area contributed by atoms with Crippen molar-refractivity contribution >= 4 is 0 Å². The summed E-state index contributed by atoms with van der Waals surface area (Å²) in [6.07, 6.45) is 9.39. The maximum atomic E-state index is 10.0. The number of hydrogen-bond donors (Lipinski definition) is 2. The number of nitrogens with two attached hydrogens (primary N) is 1. The van der Waals surface area contributed by atoms with E-state index in [2.05, 4.69) is 26.3 Å². The summed E-state index contributed by atoms with van der Waals surface area (Å²) in [4.78, 5) is 0. The molecule has 0 spiro atoms. The Morgan fingerprint density at radius 3 is 2.20 bits per heavy atom. The lowest BCUT2D eigenvalue weighted by Gasteiger charge is -2.25. The molecule has 0 saturated heterocycles. The SMILES string of the molecule is C=C/C=C\C(=C)C(N)(O)/C(C=C)=C/C=C. The molecule has 0 aliphatic rings. The van der Waals surface area contributed by atoms with Crippen molar-refractivity contribution in [1.82, 2.24) is 0 Å². The van der Waals surface area contributed by atoms with Gasteiger partial charge in [-0.1, -0.05) is 62.8 Å². The summed E-state index contributed by atoms with van der Waals surface area (Å²) in [7, 11) is 0. The van der Waals surface area contributed by atoms with Gasteiger partial charge in [0, 0.05) is 5.57 Å². The molecule has 0 fully saturated rings. The Morgan fingerprint density at radius 1 is 1.20 bits per heavy atom. The molecule has 0 saturated carbocycles. The van der Waals surface area contributed by atoms with E-state index in [-0.39, 0.29) is 0 Å². The molecule has 2 nitrogen and oxygen atoms in total. The van der Waals surface area contributed by atoms with Gasteiger partial charge in [-0.15, -0.1) is 0 Å². The molecule has 0 bridgehead atoms. The van der Waals surface area contributed by atoms with Crippen LogP contribution < -0.4 is 5.73 Å². The van der Waals surface area contributed by atoms with Crippen molar-refractivity contribution in [3.05, 3.63) is 73.9 Å². The van der Waals surface area contributed by atoms with Crippen molar-refractivity contribution in [2.75, 3.05) is 0 Å². The average molecular weight is 203 g/mol. The van der Waals surface area contributed by atoms with Crippen LogP contribution in [0.1, 0.15) is 0 Å². The smallest absolute Gasteiger partial charge is 0.165 e. The molecule has 3 N–H and O–H groups in total. The van der Waals surface area contributed by atoms with E-state index in [4.69, 9.17) is 5.73 Å². The third-order valence-corrected chi connectivity index (χ3v) is 1.88. The first-order valence-electron chi connectivity index (χ1n) is 4.46. The van der Waals surface area contributed by atoms with Crippen LogP contribution in [-0.4, -0.2) is 10.8 Å². The molecule has 15 heavy (non-hydrogen) atoms. The van der Waals surface area contributed by atoms with Crippen molar-refractivity contribution in [3.63, 3.8) is 0 Å². The normalized spacial score (nSPS) is 15.7. The fourth-order valence-corrected chi connectivity index (χ4v) is 0.974. The molecule has 0 aliphatic carbocycles. The minimum absolute atomic E-state index is 0.357. The van der Waals surface area contributed by atoms with Crippen LogP contribution in [0.5, 0.6) is 0 Å². The second-order valence-corrected chi connectivity index (χ2v) is 2.95. The maximum Gasteiger partial charge on any atom is 0.165 e. The van der Waals surface area contributed by atoms with Crippen LogP contribution >= 0.6 is 0 Å². The molecular formula is C13H17NO. The lowest BCUT2D eigenvalue weighted by molar-refractivity contribution is 0.132. The fraction of sp³-hybridized carbons (Fsp3) is 0.0769. The molecule has 0 rings (SSSR count). The van der Waals surface area contributed by atoms with Gasteiger partial charge in [-0.25, -0.2) is 0 Å². The zero-order valence-corrected chi connectivity index (χ0v) is 8.82. The van der Waals surface area contributed by atoms with Gasteiger partial charge in [0.1, 0.15) is 0 Å². The van der Waals surface area contributed by atoms with E-state index in [0.717, 1.165) is 0 Å². The molecular weight excluding hydrogens is 186 g/mol. The lowest BCUT2D eigenvalue weighted by atomic mass is 9.95. The van der Waals surface area contributed by atoms with Crippen molar-refractivity contribution in [1.29, 1.82) is 0 Å². The van der Waals surface area contributed by atoms with Crippen LogP contribution in [0.4, 0.5) is 0 Å². The predicted octanol–water partition coefficient (Wildman–Crippen LogP) is 2.23. The number of allylic oxidation sites excluding steroid dienone is 4. The molecule has 0 amide bonds. The van der Waals surface area contributed by atoms with Crippen molar-refractivity contribution in [3.8, 4) is 0 Å². The molecule has 0 radical (unpaired) electrons. The molecule has 2 heteroatoms. The summed E-state index contributed by atoms with van der Waals surface area (Å²) >= 11 is 0. The number of hydrogen-bond acceptors (Lipinski definition) is 2. The van der Waals surface area contributed by atoms with Gasteiger partial charge in [0.25, 0.3) is 0 Å². The number of aliphatic hydroxyl groups is 1. The van der Waals surface area contributed by atoms with Crippen LogP contribution in [0.2, 0.25) is 0 Å². The first-order valence-corrected chi connectivity index (χ1v) is 4.46. The van der Waals surface area contributed by atoms with E-state index in [0.29, 0.717) is 11.1 Å². The Balaban J connectivity index is 5.09. The molecule has 0 aliphatic heterocycles. The van der Waals surface area contributed by atoms with Crippen LogP contribution in [0, 0.1) is 0 Å². The molecule has 80 valence electrons. The first-order chi connectivity index (χ1) is 7.00. The van der Waals surface area contributed by atoms with E-state index < -0.39 is 5.72 Å². The molecule has 0 heterocycles. The van der Waals surface area contributed by atoms with Crippen LogP contribution in [-0.2, 0) is 0 Å². The summed E-state index contributed by atoms with van der Waals surface area (Å²) in [5.74, 6) is 0. The molecule has 1 atom stereocenters. The van der Waals surface area contributed by atoms with Crippen LogP contribution in [0.25, 0.3) is 0 Å². The van der Waals surface area contributed by atoms with Gasteiger partial charge in [0.15, 0.2) is 5.72 Å². The van der Waals surface area contributed by atoms with Crippen molar-refractivity contribution in [2.45, 2.75) is 5.72 Å². The van der Waals surface area contributed by atoms with Gasteiger partial charge in [0.2, 0.25) is 0 Å². The lowest BCUT2D eigenvalue weighted by Crippen LogP contribution is -2.42. The largest absolute Gasteiger partial charge is 0.368 e. The summed E-state index contributed by atoms with van der Waals surface area (Å²) < 4.78 is 0. The van der Waals surface area contributed by atoms with Crippen molar-refractivity contribution < 1.29 is 5.11 Å². The van der Waals surface area contributed by atoms with Gasteiger partial charge in [-0.2, -0.15) is 0 Å². The van der Waals surface area contributed by atoms with E-state index in [1.165, 1.54) is 12.2 Å². The Morgan fingerprint density at radius 2 is 1.80 bits per heavy atom. The highest BCUT2D eigenvalue weighted by Crippen LogP contribution is 2.21. The second-order valence-electron chi connectivity index (χ2n) is 2.95. The Kier molecular flexibility index (Phi) is 5.31. The summed E-state index contributed by atoms with van der Waals surface area (Å²) in [6.45, 7) is 14.3. The summed E-state index contributed by atoms with van der Waals surface area (Å²) in [5, 5.41) is 10.0. The van der Waals surface area contributed by atoms with Gasteiger partial charge in [0.05, 0.1) is 0 Å². The van der Waals surface area contributed by atoms with Crippen LogP contribution in [0.3, 0.4) is 0 Å². The highest BCUT2D eigenvalue weighted by Gasteiger charge is 2.26. The van der Waals surface area contributed by atoms with E-state index in [1.807, 2.05) is 0 Å². The second kappa shape index (κ2) is 5.96. The average Bonchev–Trinajstić information content (AvgIpc) is 2.21. The quantitative estimate of drug-likeness (QED) is 0.513. The predicted molar refractivity (Wildman–Crippen MR) is 66.1 cm³/mol. The van der Waals surface area contributed by atoms with Crippen molar-refractivity contribution in [2.24, 2.45) is 5.73 Å². The van der Waals surface area contributed by atoms with E-state index in [1.54, 1.807) is 24.3 Å². The molecule has 1 unspecified atom stereocenters. The summed E-state index contributed by atoms with van der Waals surface area (Å²) in [6, 6.07) is 0. The van der Waals surface area contributed by atoms with E-state index >= 15 is 0 Å². The zero-order valence-electron chi connectivity index (χ0n) is 8.82. The topological polar surface area (TPSA) is 46.2 Å². The Labute approximate surface area is 91.1 Å². The third-order valence-electron chi connectivity index (χ3n) is 1.88. The van der Waals surface area contributed by atoms with Crippen LogP contribution in [0.15, 0.2) is 73.9 Å². The highest BCUT2D eigenvalue weighted by molar-refractivity contribution is 5.42. The Hall–Kier alpha value is -1.64. The highest BCUT2D eigenvalue weighted by atomic mass is 16.3. The standard InChI is InChI=1S/C13H17NO/c1-5-8-10-11(4)13(14,15)12(7-3)9-6-2/h5-10,15H,1-4,14H2/b10-8-,12-9+. The minimum atomic E-state index is -1.63. The number of rotatable bonds is 6. The van der Waals surface area contributed by atoms with Gasteiger partial charge in [-0.05, 0) is 5.57 Å². The molecule has 0 aromatic heterocycles. The zero-order chi connectivity index (χ0) is 11.9. The maximum absolute atomic E-state index is 10.0. The van der Waals surface area contributed by atoms with Gasteiger partial charge in [-0.3, -0.25) is 5.73 Å². The third kappa shape index (κ3) is 3.54. The fourth-order valence-electron chi connectivity index (χ4n) is 0.974. The molecule has 0 aromatic rings. The van der Waals surface area contributed by atoms with Gasteiger partial charge >= 0.3 is 0 Å². The summed E-state index contributed by atoms with van der Waals surface area (Å²) in [5.41, 5.74) is 4.89. The minimum Gasteiger partial charge on any atom is -0.368 e. The Bertz CT molecular complexity index is 332.